The molecule has 0 spiro atoms. The average molecular weight is 466 g/mol. The molecule has 4 rings (SSSR count). The van der Waals surface area contributed by atoms with Crippen molar-refractivity contribution in [3.05, 3.63) is 23.5 Å². The Morgan fingerprint density at radius 1 is 1.12 bits per heavy atom. The Bertz CT molecular complexity index is 936. The van der Waals surface area contributed by atoms with Crippen molar-refractivity contribution in [1.29, 1.82) is 0 Å². The lowest BCUT2D eigenvalue weighted by Gasteiger charge is -2.66. The minimum atomic E-state index is -4.53. The van der Waals surface area contributed by atoms with E-state index in [-0.39, 0.29) is 22.7 Å². The first-order chi connectivity index (χ1) is 14.9. The number of carbonyl (C=O) groups is 1. The van der Waals surface area contributed by atoms with E-state index in [4.69, 9.17) is 8.74 Å². The maximum Gasteiger partial charge on any atom is 0.445 e. The molecule has 6 nitrogen and oxygen atoms in total. The SMILES string of the molecule is CC1(C)CCCC2(C)C1CCC1(C)C(CCC3=CCNC3=O)C(=COS(=O)(=O)O)CCC12. The number of rotatable bonds is 5. The van der Waals surface area contributed by atoms with Gasteiger partial charge in [-0.2, -0.15) is 8.42 Å². The number of amides is 1. The van der Waals surface area contributed by atoms with Gasteiger partial charge in [-0.15, -0.1) is 0 Å². The van der Waals surface area contributed by atoms with Crippen LogP contribution < -0.4 is 5.32 Å². The number of hydrogen-bond donors (Lipinski definition) is 2. The van der Waals surface area contributed by atoms with E-state index in [0.717, 1.165) is 36.8 Å². The molecule has 180 valence electrons. The minimum absolute atomic E-state index is 0.00641. The minimum Gasteiger partial charge on any atom is -0.370 e. The van der Waals surface area contributed by atoms with Crippen molar-refractivity contribution in [2.75, 3.05) is 6.54 Å². The molecule has 1 amide bonds. The van der Waals surface area contributed by atoms with Crippen LogP contribution in [0.1, 0.15) is 85.5 Å². The predicted octanol–water partition coefficient (Wildman–Crippen LogP) is 5.19. The number of hydrogen-bond acceptors (Lipinski definition) is 4. The third kappa shape index (κ3) is 4.15. The Kier molecular flexibility index (Phi) is 6.07. The number of nitrogens with one attached hydrogen (secondary N) is 1. The van der Waals surface area contributed by atoms with Gasteiger partial charge in [0.2, 0.25) is 5.91 Å². The van der Waals surface area contributed by atoms with E-state index < -0.39 is 10.4 Å². The maximum absolute atomic E-state index is 12.1. The van der Waals surface area contributed by atoms with Crippen LogP contribution in [0.4, 0.5) is 0 Å². The zero-order chi connectivity index (χ0) is 23.4. The van der Waals surface area contributed by atoms with Gasteiger partial charge in [0.1, 0.15) is 6.26 Å². The summed E-state index contributed by atoms with van der Waals surface area (Å²) in [5.74, 6) is 1.38. The van der Waals surface area contributed by atoms with Gasteiger partial charge in [0.25, 0.3) is 0 Å². The normalized spacial score (nSPS) is 40.3. The Balaban J connectivity index is 1.67. The van der Waals surface area contributed by atoms with Crippen molar-refractivity contribution in [2.24, 2.45) is 34.0 Å². The number of fused-ring (bicyclic) bond motifs is 3. The Hall–Kier alpha value is -1.34. The van der Waals surface area contributed by atoms with Crippen LogP contribution in [-0.2, 0) is 19.4 Å². The van der Waals surface area contributed by atoms with Crippen LogP contribution in [-0.4, -0.2) is 25.4 Å². The van der Waals surface area contributed by atoms with E-state index in [1.165, 1.54) is 31.9 Å². The summed E-state index contributed by atoms with van der Waals surface area (Å²) in [7, 11) is -4.53. The van der Waals surface area contributed by atoms with Crippen molar-refractivity contribution < 1.29 is 21.9 Å². The average Bonchev–Trinajstić information content (AvgIpc) is 3.08. The largest absolute Gasteiger partial charge is 0.445 e. The lowest BCUT2D eigenvalue weighted by molar-refractivity contribution is -0.154. The highest BCUT2D eigenvalue weighted by Gasteiger charge is 2.61. The monoisotopic (exact) mass is 465 g/mol. The fourth-order valence-electron chi connectivity index (χ4n) is 8.44. The summed E-state index contributed by atoms with van der Waals surface area (Å²) < 4.78 is 36.5. The van der Waals surface area contributed by atoms with Gasteiger partial charge >= 0.3 is 10.4 Å². The van der Waals surface area contributed by atoms with Crippen molar-refractivity contribution in [3.8, 4) is 0 Å². The summed E-state index contributed by atoms with van der Waals surface area (Å²) >= 11 is 0. The zero-order valence-corrected chi connectivity index (χ0v) is 20.8. The van der Waals surface area contributed by atoms with Gasteiger partial charge in [-0.05, 0) is 90.9 Å². The first-order valence-corrected chi connectivity index (χ1v) is 13.6. The molecule has 0 aromatic heterocycles. The van der Waals surface area contributed by atoms with Crippen molar-refractivity contribution >= 4 is 16.3 Å². The van der Waals surface area contributed by atoms with Crippen molar-refractivity contribution in [2.45, 2.75) is 85.5 Å². The van der Waals surface area contributed by atoms with Crippen molar-refractivity contribution in [3.63, 3.8) is 0 Å². The van der Waals surface area contributed by atoms with Crippen molar-refractivity contribution in [1.82, 2.24) is 5.32 Å². The summed E-state index contributed by atoms with van der Waals surface area (Å²) in [5, 5.41) is 2.85. The second-order valence-electron chi connectivity index (χ2n) is 11.8. The molecule has 32 heavy (non-hydrogen) atoms. The third-order valence-corrected chi connectivity index (χ3v) is 10.1. The number of allylic oxidation sites excluding steroid dienone is 1. The van der Waals surface area contributed by atoms with Gasteiger partial charge in [-0.3, -0.25) is 9.35 Å². The quantitative estimate of drug-likeness (QED) is 0.431. The maximum atomic E-state index is 12.1. The van der Waals surface area contributed by atoms with E-state index in [1.807, 2.05) is 6.08 Å². The van der Waals surface area contributed by atoms with E-state index in [9.17, 15) is 13.2 Å². The highest BCUT2D eigenvalue weighted by atomic mass is 32.3. The van der Waals surface area contributed by atoms with Crippen LogP contribution in [0.15, 0.2) is 23.5 Å². The molecular weight excluding hydrogens is 426 g/mol. The van der Waals surface area contributed by atoms with E-state index in [2.05, 4.69) is 33.0 Å². The van der Waals surface area contributed by atoms with Gasteiger partial charge in [-0.25, -0.2) is 0 Å². The van der Waals surface area contributed by atoms with Gasteiger partial charge < -0.3 is 9.50 Å². The molecule has 0 radical (unpaired) electrons. The van der Waals surface area contributed by atoms with Crippen LogP contribution in [0.3, 0.4) is 0 Å². The van der Waals surface area contributed by atoms with Crippen LogP contribution in [0.25, 0.3) is 0 Å². The fourth-order valence-corrected chi connectivity index (χ4v) is 8.68. The molecule has 7 heteroatoms. The molecular formula is C25H39NO5S. The topological polar surface area (TPSA) is 92.7 Å². The highest BCUT2D eigenvalue weighted by Crippen LogP contribution is 2.69. The first kappa shape index (κ1) is 23.8. The molecule has 1 heterocycles. The summed E-state index contributed by atoms with van der Waals surface area (Å²) in [6, 6.07) is 0. The standard InChI is InChI=1S/C25H39NO5S/c1-23(2)12-5-13-25(4)20(23)10-14-24(3)19(8-6-17-11-15-26-22(17)27)18(7-9-21(24)25)16-31-32(28,29)30/h11,16,19-21H,5-10,12-15H2,1-4H3,(H,26,27)(H,28,29,30). The smallest absolute Gasteiger partial charge is 0.370 e. The third-order valence-electron chi connectivity index (χ3n) is 9.73. The van der Waals surface area contributed by atoms with Gasteiger partial charge in [0.05, 0.1) is 0 Å². The van der Waals surface area contributed by atoms with Crippen LogP contribution >= 0.6 is 0 Å². The summed E-state index contributed by atoms with van der Waals surface area (Å²) in [6.07, 6.45) is 12.6. The van der Waals surface area contributed by atoms with Gasteiger partial charge in [0, 0.05) is 12.1 Å². The Morgan fingerprint density at radius 2 is 1.88 bits per heavy atom. The lowest BCUT2D eigenvalue weighted by Crippen LogP contribution is -2.58. The fraction of sp³-hybridized carbons (Fsp3) is 0.800. The first-order valence-electron chi connectivity index (χ1n) is 12.2. The molecule has 3 saturated carbocycles. The van der Waals surface area contributed by atoms with E-state index >= 15 is 0 Å². The molecule has 5 atom stereocenters. The molecule has 0 aromatic carbocycles. The van der Waals surface area contributed by atoms with Crippen LogP contribution in [0.5, 0.6) is 0 Å². The van der Waals surface area contributed by atoms with Crippen LogP contribution in [0, 0.1) is 34.0 Å². The number of carbonyl (C=O) groups excluding carboxylic acids is 1. The lowest BCUT2D eigenvalue weighted by atomic mass is 9.39. The molecule has 0 aromatic rings. The van der Waals surface area contributed by atoms with E-state index in [0.29, 0.717) is 30.2 Å². The molecule has 2 N–H and O–H groups in total. The molecule has 0 bridgehead atoms. The molecule has 1 aliphatic heterocycles. The highest BCUT2D eigenvalue weighted by molar-refractivity contribution is 7.81. The van der Waals surface area contributed by atoms with Gasteiger partial charge in [0.15, 0.2) is 0 Å². The molecule has 0 saturated heterocycles. The Morgan fingerprint density at radius 3 is 2.53 bits per heavy atom. The zero-order valence-electron chi connectivity index (χ0n) is 19.9. The summed E-state index contributed by atoms with van der Waals surface area (Å²) in [4.78, 5) is 12.1. The van der Waals surface area contributed by atoms with Crippen LogP contribution in [0.2, 0.25) is 0 Å². The van der Waals surface area contributed by atoms with E-state index in [1.54, 1.807) is 0 Å². The molecule has 3 fully saturated rings. The predicted molar refractivity (Wildman–Crippen MR) is 124 cm³/mol. The molecule has 4 aliphatic rings. The Labute approximate surface area is 193 Å². The second kappa shape index (κ2) is 8.15. The summed E-state index contributed by atoms with van der Waals surface area (Å²) in [5.41, 5.74) is 2.41. The summed E-state index contributed by atoms with van der Waals surface area (Å²) in [6.45, 7) is 10.4. The second-order valence-corrected chi connectivity index (χ2v) is 12.8. The van der Waals surface area contributed by atoms with Gasteiger partial charge in [-0.1, -0.05) is 40.2 Å². The molecule has 3 aliphatic carbocycles. The molecule has 5 unspecified atom stereocenters.